The molecule has 0 unspecified atom stereocenters. The molecule has 1 rings (SSSR count). The minimum Gasteiger partial charge on any atom is -0.463 e. The molecule has 6 heteroatoms. The second-order valence-electron chi connectivity index (χ2n) is 3.81. The van der Waals surface area contributed by atoms with Crippen LogP contribution in [-0.4, -0.2) is 27.6 Å². The number of hydrogen-bond acceptors (Lipinski definition) is 6. The quantitative estimate of drug-likeness (QED) is 0.755. The Morgan fingerprint density at radius 1 is 1.18 bits per heavy atom. The van der Waals surface area contributed by atoms with Gasteiger partial charge in [-0.05, 0) is 19.3 Å². The van der Waals surface area contributed by atoms with E-state index in [0.717, 1.165) is 19.3 Å². The summed E-state index contributed by atoms with van der Waals surface area (Å²) in [6.45, 7) is 6.82. The van der Waals surface area contributed by atoms with Gasteiger partial charge in [0.2, 0.25) is 11.9 Å². The summed E-state index contributed by atoms with van der Waals surface area (Å²) < 4.78 is 5.34. The summed E-state index contributed by atoms with van der Waals surface area (Å²) >= 11 is 0. The lowest BCUT2D eigenvalue weighted by molar-refractivity contribution is 0.292. The molecule has 0 saturated carbocycles. The van der Waals surface area contributed by atoms with Crippen molar-refractivity contribution in [1.82, 2.24) is 15.0 Å². The lowest BCUT2D eigenvalue weighted by Crippen LogP contribution is -2.20. The minimum atomic E-state index is 0.180. The molecular weight excluding hydrogens is 218 g/mol. The fraction of sp³-hybridized carbons (Fsp3) is 0.727. The van der Waals surface area contributed by atoms with Crippen LogP contribution in [0.4, 0.5) is 11.9 Å². The monoisotopic (exact) mass is 239 g/mol. The molecule has 17 heavy (non-hydrogen) atoms. The lowest BCUT2D eigenvalue weighted by Gasteiger charge is -2.14. The number of aromatic nitrogens is 3. The summed E-state index contributed by atoms with van der Waals surface area (Å²) in [6.07, 6.45) is 2.92. The Bertz CT molecular complexity index is 341. The normalized spacial score (nSPS) is 10.6. The number of ether oxygens (including phenoxy) is 1. The van der Waals surface area contributed by atoms with Crippen LogP contribution in [0, 0.1) is 0 Å². The molecule has 0 spiro atoms. The highest BCUT2D eigenvalue weighted by atomic mass is 16.5. The summed E-state index contributed by atoms with van der Waals surface area (Å²) in [5, 5.41) is 3.21. The third-order valence-electron chi connectivity index (χ3n) is 2.39. The first-order valence-corrected chi connectivity index (χ1v) is 6.10. The summed E-state index contributed by atoms with van der Waals surface area (Å²) in [7, 11) is 0. The third-order valence-corrected chi connectivity index (χ3v) is 2.39. The molecule has 0 aliphatic heterocycles. The molecule has 6 nitrogen and oxygen atoms in total. The van der Waals surface area contributed by atoms with Crippen molar-refractivity contribution < 1.29 is 4.74 Å². The summed E-state index contributed by atoms with van der Waals surface area (Å²) in [4.78, 5) is 12.1. The molecule has 0 fully saturated rings. The molecule has 0 aliphatic carbocycles. The maximum atomic E-state index is 5.61. The number of nitrogens with zero attached hydrogens (tertiary/aromatic N) is 3. The number of rotatable bonds is 7. The molecule has 0 aromatic carbocycles. The minimum absolute atomic E-state index is 0.180. The maximum Gasteiger partial charge on any atom is 0.323 e. The van der Waals surface area contributed by atoms with Crippen LogP contribution in [0.15, 0.2) is 0 Å². The molecule has 0 atom stereocenters. The second-order valence-corrected chi connectivity index (χ2v) is 3.81. The van der Waals surface area contributed by atoms with Crippen molar-refractivity contribution in [2.75, 3.05) is 17.7 Å². The van der Waals surface area contributed by atoms with E-state index in [1.165, 1.54) is 0 Å². The zero-order valence-corrected chi connectivity index (χ0v) is 10.7. The fourth-order valence-corrected chi connectivity index (χ4v) is 1.37. The van der Waals surface area contributed by atoms with Crippen LogP contribution in [-0.2, 0) is 0 Å². The van der Waals surface area contributed by atoms with Gasteiger partial charge in [0, 0.05) is 6.04 Å². The first kappa shape index (κ1) is 13.5. The van der Waals surface area contributed by atoms with E-state index < -0.39 is 0 Å². The van der Waals surface area contributed by atoms with Gasteiger partial charge in [-0.25, -0.2) is 0 Å². The number of nitrogens with one attached hydrogen (secondary N) is 1. The number of anilines is 2. The van der Waals surface area contributed by atoms with Gasteiger partial charge in [0.15, 0.2) is 0 Å². The van der Waals surface area contributed by atoms with Crippen LogP contribution < -0.4 is 15.8 Å². The number of hydrogen-bond donors (Lipinski definition) is 2. The van der Waals surface area contributed by atoms with Crippen LogP contribution in [0.3, 0.4) is 0 Å². The highest BCUT2D eigenvalue weighted by Gasteiger charge is 2.09. The molecule has 3 N–H and O–H groups in total. The van der Waals surface area contributed by atoms with E-state index >= 15 is 0 Å². The van der Waals surface area contributed by atoms with Gasteiger partial charge in [0.05, 0.1) is 6.61 Å². The standard InChI is InChI=1S/C11H21N5O/c1-4-7-17-11-15-9(12)14-10(16-11)13-8(5-2)6-3/h8H,4-7H2,1-3H3,(H3,12,13,14,15,16). The maximum absolute atomic E-state index is 5.61. The Labute approximate surface area is 102 Å². The van der Waals surface area contributed by atoms with E-state index in [0.29, 0.717) is 18.6 Å². The highest BCUT2D eigenvalue weighted by Crippen LogP contribution is 2.12. The van der Waals surface area contributed by atoms with Gasteiger partial charge in [-0.2, -0.15) is 15.0 Å². The lowest BCUT2D eigenvalue weighted by atomic mass is 10.2. The molecule has 1 aromatic heterocycles. The Kier molecular flexibility index (Phi) is 5.45. The van der Waals surface area contributed by atoms with Crippen LogP contribution >= 0.6 is 0 Å². The van der Waals surface area contributed by atoms with E-state index in [2.05, 4.69) is 34.1 Å². The van der Waals surface area contributed by atoms with Gasteiger partial charge >= 0.3 is 6.01 Å². The second kappa shape index (κ2) is 6.88. The van der Waals surface area contributed by atoms with Crippen molar-refractivity contribution in [3.63, 3.8) is 0 Å². The molecule has 0 saturated heterocycles. The first-order chi connectivity index (χ1) is 8.19. The van der Waals surface area contributed by atoms with E-state index in [-0.39, 0.29) is 12.0 Å². The third kappa shape index (κ3) is 4.42. The van der Waals surface area contributed by atoms with Crippen molar-refractivity contribution in [2.45, 2.75) is 46.1 Å². The van der Waals surface area contributed by atoms with Crippen LogP contribution in [0.1, 0.15) is 40.0 Å². The number of nitrogens with two attached hydrogens (primary N) is 1. The Hall–Kier alpha value is -1.59. The average molecular weight is 239 g/mol. The predicted molar refractivity (Wildman–Crippen MR) is 68.0 cm³/mol. The molecule has 96 valence electrons. The van der Waals surface area contributed by atoms with Crippen LogP contribution in [0.2, 0.25) is 0 Å². The zero-order valence-electron chi connectivity index (χ0n) is 10.7. The molecule has 0 aliphatic rings. The van der Waals surface area contributed by atoms with Crippen molar-refractivity contribution in [3.05, 3.63) is 0 Å². The van der Waals surface area contributed by atoms with Crippen LogP contribution in [0.25, 0.3) is 0 Å². The van der Waals surface area contributed by atoms with E-state index in [1.807, 2.05) is 6.92 Å². The topological polar surface area (TPSA) is 86.0 Å². The Morgan fingerprint density at radius 3 is 2.47 bits per heavy atom. The first-order valence-electron chi connectivity index (χ1n) is 6.10. The van der Waals surface area contributed by atoms with Crippen LogP contribution in [0.5, 0.6) is 6.01 Å². The smallest absolute Gasteiger partial charge is 0.323 e. The zero-order chi connectivity index (χ0) is 12.7. The van der Waals surface area contributed by atoms with Gasteiger partial charge in [0.25, 0.3) is 0 Å². The molecule has 0 radical (unpaired) electrons. The SMILES string of the molecule is CCCOc1nc(N)nc(NC(CC)CC)n1. The molecular formula is C11H21N5O. The Balaban J connectivity index is 2.74. The van der Waals surface area contributed by atoms with Crippen molar-refractivity contribution in [1.29, 1.82) is 0 Å². The molecule has 0 amide bonds. The van der Waals surface area contributed by atoms with Crippen molar-refractivity contribution in [2.24, 2.45) is 0 Å². The predicted octanol–water partition coefficient (Wildman–Crippen LogP) is 1.84. The van der Waals surface area contributed by atoms with Gasteiger partial charge in [0.1, 0.15) is 0 Å². The van der Waals surface area contributed by atoms with Gasteiger partial charge < -0.3 is 15.8 Å². The summed E-state index contributed by atoms with van der Waals surface area (Å²) in [5.41, 5.74) is 5.61. The van der Waals surface area contributed by atoms with Crippen molar-refractivity contribution >= 4 is 11.9 Å². The summed E-state index contributed by atoms with van der Waals surface area (Å²) in [5.74, 6) is 0.664. The summed E-state index contributed by atoms with van der Waals surface area (Å²) in [6, 6.07) is 0.628. The fourth-order valence-electron chi connectivity index (χ4n) is 1.37. The van der Waals surface area contributed by atoms with E-state index in [1.54, 1.807) is 0 Å². The number of nitrogen functional groups attached to an aromatic ring is 1. The highest BCUT2D eigenvalue weighted by molar-refractivity contribution is 5.33. The van der Waals surface area contributed by atoms with Crippen molar-refractivity contribution in [3.8, 4) is 6.01 Å². The molecule has 1 heterocycles. The van der Waals surface area contributed by atoms with E-state index in [4.69, 9.17) is 10.5 Å². The Morgan fingerprint density at radius 2 is 1.88 bits per heavy atom. The van der Waals surface area contributed by atoms with E-state index in [9.17, 15) is 0 Å². The molecule has 1 aromatic rings. The van der Waals surface area contributed by atoms with Gasteiger partial charge in [-0.3, -0.25) is 0 Å². The molecule has 0 bridgehead atoms. The average Bonchev–Trinajstić information content (AvgIpc) is 2.32. The largest absolute Gasteiger partial charge is 0.463 e. The van der Waals surface area contributed by atoms with Gasteiger partial charge in [-0.15, -0.1) is 0 Å². The van der Waals surface area contributed by atoms with Gasteiger partial charge in [-0.1, -0.05) is 20.8 Å².